The van der Waals surface area contributed by atoms with Crippen LogP contribution in [-0.2, 0) is 6.54 Å². The molecule has 5 heteroatoms. The van der Waals surface area contributed by atoms with E-state index >= 15 is 0 Å². The van der Waals surface area contributed by atoms with E-state index in [-0.39, 0.29) is 23.7 Å². The summed E-state index contributed by atoms with van der Waals surface area (Å²) in [6.07, 6.45) is 4.29. The Balaban J connectivity index is 1.41. The number of hydrogen-bond acceptors (Lipinski definition) is 3. The average molecular weight is 416 g/mol. The molecule has 3 heterocycles. The maximum absolute atomic E-state index is 13.6. The predicted molar refractivity (Wildman–Crippen MR) is 118 cm³/mol. The molecule has 4 nitrogen and oxygen atoms in total. The molecule has 2 aliphatic rings. The standard InChI is InChI=1S/C26H26FN3O/c27-22-8-6-20(7-9-22)23-18-30(26(31)21-10-13-28-14-11-21)25-12-15-29(17-24(23)25)16-19-4-2-1-3-5-19/h1-11,13-14,23-25H,12,15-18H2/t23-,24-,25-/m0/s1. The summed E-state index contributed by atoms with van der Waals surface area (Å²) in [5.74, 6) is 0.375. The zero-order chi connectivity index (χ0) is 21.2. The molecule has 0 N–H and O–H groups in total. The zero-order valence-corrected chi connectivity index (χ0v) is 17.4. The third-order valence-electron chi connectivity index (χ3n) is 6.75. The van der Waals surface area contributed by atoms with Crippen LogP contribution in [0.1, 0.15) is 33.8 Å². The number of aromatic nitrogens is 1. The van der Waals surface area contributed by atoms with Crippen molar-refractivity contribution in [3.63, 3.8) is 0 Å². The van der Waals surface area contributed by atoms with Gasteiger partial charge in [-0.15, -0.1) is 0 Å². The van der Waals surface area contributed by atoms with Gasteiger partial charge in [0.1, 0.15) is 5.82 Å². The fraction of sp³-hybridized carbons (Fsp3) is 0.308. The second-order valence-electron chi connectivity index (χ2n) is 8.59. The first-order valence-corrected chi connectivity index (χ1v) is 10.9. The number of amides is 1. The molecule has 0 aliphatic carbocycles. The van der Waals surface area contributed by atoms with E-state index in [1.165, 1.54) is 17.7 Å². The fourth-order valence-corrected chi connectivity index (χ4v) is 5.25. The van der Waals surface area contributed by atoms with Crippen molar-refractivity contribution in [3.8, 4) is 0 Å². The van der Waals surface area contributed by atoms with Gasteiger partial charge in [-0.25, -0.2) is 4.39 Å². The number of carbonyl (C=O) groups excluding carboxylic acids is 1. The number of likely N-dealkylation sites (tertiary alicyclic amines) is 2. The van der Waals surface area contributed by atoms with E-state index < -0.39 is 0 Å². The number of benzene rings is 2. The Morgan fingerprint density at radius 2 is 1.71 bits per heavy atom. The third kappa shape index (κ3) is 4.10. The van der Waals surface area contributed by atoms with Gasteiger partial charge < -0.3 is 4.90 Å². The molecule has 2 saturated heterocycles. The smallest absolute Gasteiger partial charge is 0.254 e. The maximum Gasteiger partial charge on any atom is 0.254 e. The van der Waals surface area contributed by atoms with Crippen molar-refractivity contribution in [1.29, 1.82) is 0 Å². The summed E-state index contributed by atoms with van der Waals surface area (Å²) in [6.45, 7) is 3.48. The van der Waals surface area contributed by atoms with Crippen molar-refractivity contribution in [2.75, 3.05) is 19.6 Å². The van der Waals surface area contributed by atoms with Gasteiger partial charge in [0.05, 0.1) is 0 Å². The normalized spacial score (nSPS) is 23.5. The Morgan fingerprint density at radius 3 is 2.45 bits per heavy atom. The van der Waals surface area contributed by atoms with Crippen LogP contribution in [0.5, 0.6) is 0 Å². The lowest BCUT2D eigenvalue weighted by atomic mass is 9.81. The first-order valence-electron chi connectivity index (χ1n) is 10.9. The average Bonchev–Trinajstić information content (AvgIpc) is 3.19. The number of nitrogens with zero attached hydrogens (tertiary/aromatic N) is 3. The molecule has 31 heavy (non-hydrogen) atoms. The van der Waals surface area contributed by atoms with Crippen molar-refractivity contribution >= 4 is 5.91 Å². The van der Waals surface area contributed by atoms with Crippen LogP contribution in [0.4, 0.5) is 4.39 Å². The highest BCUT2D eigenvalue weighted by molar-refractivity contribution is 5.94. The lowest BCUT2D eigenvalue weighted by Gasteiger charge is -2.39. The minimum absolute atomic E-state index is 0.0681. The molecule has 0 unspecified atom stereocenters. The Morgan fingerprint density at radius 1 is 0.968 bits per heavy atom. The molecule has 2 fully saturated rings. The highest BCUT2D eigenvalue weighted by atomic mass is 19.1. The van der Waals surface area contributed by atoms with Gasteiger partial charge in [0.25, 0.3) is 5.91 Å². The minimum atomic E-state index is -0.225. The van der Waals surface area contributed by atoms with Crippen LogP contribution in [0.3, 0.4) is 0 Å². The quantitative estimate of drug-likeness (QED) is 0.636. The van der Waals surface area contributed by atoms with Crippen LogP contribution in [0, 0.1) is 11.7 Å². The van der Waals surface area contributed by atoms with E-state index in [0.717, 1.165) is 31.6 Å². The predicted octanol–water partition coefficient (Wildman–Crippen LogP) is 4.35. The van der Waals surface area contributed by atoms with Gasteiger partial charge in [0.15, 0.2) is 0 Å². The van der Waals surface area contributed by atoms with Crippen molar-refractivity contribution in [2.45, 2.75) is 24.9 Å². The summed E-state index contributed by atoms with van der Waals surface area (Å²) in [4.78, 5) is 21.9. The fourth-order valence-electron chi connectivity index (χ4n) is 5.25. The van der Waals surface area contributed by atoms with Gasteiger partial charge in [-0.2, -0.15) is 0 Å². The molecule has 0 saturated carbocycles. The van der Waals surface area contributed by atoms with E-state index in [0.29, 0.717) is 18.0 Å². The van der Waals surface area contributed by atoms with Gasteiger partial charge in [0, 0.05) is 62.0 Å². The van der Waals surface area contributed by atoms with E-state index in [1.54, 1.807) is 24.5 Å². The van der Waals surface area contributed by atoms with E-state index in [9.17, 15) is 9.18 Å². The van der Waals surface area contributed by atoms with Crippen molar-refractivity contribution in [2.24, 2.45) is 5.92 Å². The highest BCUT2D eigenvalue weighted by Crippen LogP contribution is 2.42. The summed E-state index contributed by atoms with van der Waals surface area (Å²) in [5.41, 5.74) is 3.10. The monoisotopic (exact) mass is 415 g/mol. The number of piperidine rings is 1. The first kappa shape index (κ1) is 19.9. The number of pyridine rings is 1. The third-order valence-corrected chi connectivity index (χ3v) is 6.75. The Hall–Kier alpha value is -3.05. The van der Waals surface area contributed by atoms with Crippen molar-refractivity contribution < 1.29 is 9.18 Å². The molecule has 5 rings (SSSR count). The van der Waals surface area contributed by atoms with E-state index in [2.05, 4.69) is 34.1 Å². The van der Waals surface area contributed by atoms with Crippen LogP contribution in [0.15, 0.2) is 79.1 Å². The van der Waals surface area contributed by atoms with Crippen LogP contribution in [-0.4, -0.2) is 46.4 Å². The second-order valence-corrected chi connectivity index (χ2v) is 8.59. The summed E-state index contributed by atoms with van der Waals surface area (Å²) >= 11 is 0. The van der Waals surface area contributed by atoms with Crippen molar-refractivity contribution in [1.82, 2.24) is 14.8 Å². The first-order chi connectivity index (χ1) is 15.2. The summed E-state index contributed by atoms with van der Waals surface area (Å²) in [5, 5.41) is 0. The van der Waals surface area contributed by atoms with Gasteiger partial charge in [0.2, 0.25) is 0 Å². The Kier molecular flexibility index (Phi) is 5.51. The van der Waals surface area contributed by atoms with E-state index in [4.69, 9.17) is 0 Å². The van der Waals surface area contributed by atoms with Crippen LogP contribution < -0.4 is 0 Å². The van der Waals surface area contributed by atoms with Gasteiger partial charge in [-0.1, -0.05) is 42.5 Å². The summed E-state index contributed by atoms with van der Waals surface area (Å²) in [6, 6.07) is 21.1. The molecular formula is C26H26FN3O. The van der Waals surface area contributed by atoms with E-state index in [1.807, 2.05) is 23.1 Å². The number of fused-ring (bicyclic) bond motifs is 1. The number of hydrogen-bond donors (Lipinski definition) is 0. The van der Waals surface area contributed by atoms with Crippen LogP contribution >= 0.6 is 0 Å². The van der Waals surface area contributed by atoms with Crippen LogP contribution in [0.2, 0.25) is 0 Å². The summed E-state index contributed by atoms with van der Waals surface area (Å²) in [7, 11) is 0. The van der Waals surface area contributed by atoms with Crippen molar-refractivity contribution in [3.05, 3.63) is 102 Å². The molecule has 1 amide bonds. The second kappa shape index (κ2) is 8.60. The topological polar surface area (TPSA) is 36.4 Å². The summed E-state index contributed by atoms with van der Waals surface area (Å²) < 4.78 is 13.6. The molecule has 0 spiro atoms. The zero-order valence-electron chi connectivity index (χ0n) is 17.4. The molecule has 158 valence electrons. The van der Waals surface area contributed by atoms with Gasteiger partial charge in [-0.3, -0.25) is 14.7 Å². The minimum Gasteiger partial charge on any atom is -0.335 e. The number of halogens is 1. The molecule has 2 aromatic carbocycles. The molecule has 0 bridgehead atoms. The highest BCUT2D eigenvalue weighted by Gasteiger charge is 2.47. The molecule has 1 aromatic heterocycles. The van der Waals surface area contributed by atoms with Crippen LogP contribution in [0.25, 0.3) is 0 Å². The largest absolute Gasteiger partial charge is 0.335 e. The lowest BCUT2D eigenvalue weighted by molar-refractivity contribution is 0.0614. The molecule has 0 radical (unpaired) electrons. The van der Waals surface area contributed by atoms with Gasteiger partial charge in [-0.05, 0) is 41.8 Å². The Bertz CT molecular complexity index is 1030. The molecule has 3 aromatic rings. The SMILES string of the molecule is O=C(c1ccncc1)N1C[C@@H](c2ccc(F)cc2)[C@@H]2CN(Cc3ccccc3)CC[C@@H]21. The molecule has 3 atom stereocenters. The molecule has 2 aliphatic heterocycles. The number of carbonyl (C=O) groups is 1. The van der Waals surface area contributed by atoms with Gasteiger partial charge >= 0.3 is 0 Å². The lowest BCUT2D eigenvalue weighted by Crippen LogP contribution is -2.47. The number of rotatable bonds is 4. The molecular weight excluding hydrogens is 389 g/mol. The maximum atomic E-state index is 13.6. The Labute approximate surface area is 182 Å².